The number of alkyl halides is 2. The Bertz CT molecular complexity index is 142. The van der Waals surface area contributed by atoms with E-state index in [-0.39, 0.29) is 12.4 Å². The number of hydrogen-bond donors (Lipinski definition) is 2. The van der Waals surface area contributed by atoms with Gasteiger partial charge in [-0.2, -0.15) is 0 Å². The minimum atomic E-state index is -2.44. The number of rotatable bonds is 6. The first-order chi connectivity index (χ1) is 5.66. The highest BCUT2D eigenvalue weighted by Gasteiger charge is 2.01. The lowest BCUT2D eigenvalue weighted by molar-refractivity contribution is 0.0171. The van der Waals surface area contributed by atoms with Crippen LogP contribution in [0.15, 0.2) is 5.16 Å². The molecule has 0 amide bonds. The van der Waals surface area contributed by atoms with Gasteiger partial charge in [-0.15, -0.1) is 0 Å². The molecule has 0 radical (unpaired) electrons. The molecule has 72 valence electrons. The molecule has 0 atom stereocenters. The fourth-order valence-corrected chi connectivity index (χ4v) is 0.578. The normalized spacial score (nSPS) is 12.4. The monoisotopic (exact) mass is 182 g/mol. The molecule has 0 unspecified atom stereocenters. The van der Waals surface area contributed by atoms with Gasteiger partial charge in [-0.25, -0.2) is 8.78 Å². The predicted molar refractivity (Wildman–Crippen MR) is 39.5 cm³/mol. The maximum Gasteiger partial charge on any atom is 0.261 e. The van der Waals surface area contributed by atoms with E-state index in [4.69, 9.17) is 10.9 Å². The Morgan fingerprint density at radius 1 is 1.58 bits per heavy atom. The van der Waals surface area contributed by atoms with Gasteiger partial charge in [0.05, 0.1) is 0 Å². The quantitative estimate of drug-likeness (QED) is 0.210. The molecule has 0 aromatic heterocycles. The van der Waals surface area contributed by atoms with Crippen LogP contribution in [0.25, 0.3) is 0 Å². The molecule has 0 fully saturated rings. The third kappa shape index (κ3) is 7.20. The summed E-state index contributed by atoms with van der Waals surface area (Å²) in [5.41, 5.74) is 5.11. The molecule has 12 heavy (non-hydrogen) atoms. The van der Waals surface area contributed by atoms with Gasteiger partial charge in [0.1, 0.15) is 12.4 Å². The number of nitrogens with two attached hydrogens (primary N) is 1. The van der Waals surface area contributed by atoms with Gasteiger partial charge in [0, 0.05) is 13.0 Å². The highest BCUT2D eigenvalue weighted by molar-refractivity contribution is 5.79. The van der Waals surface area contributed by atoms with E-state index in [1.807, 2.05) is 0 Å². The first-order valence-corrected chi connectivity index (χ1v) is 3.49. The Balaban J connectivity index is 3.11. The summed E-state index contributed by atoms with van der Waals surface area (Å²) < 4.78 is 27.5. The summed E-state index contributed by atoms with van der Waals surface area (Å²) in [4.78, 5) is 0. The van der Waals surface area contributed by atoms with Crippen LogP contribution in [0, 0.1) is 0 Å². The van der Waals surface area contributed by atoms with E-state index in [2.05, 4.69) is 9.89 Å². The maximum absolute atomic E-state index is 11.5. The molecule has 0 heterocycles. The summed E-state index contributed by atoms with van der Waals surface area (Å²) in [5, 5.41) is 10.8. The Labute approximate surface area is 69.0 Å². The number of amidine groups is 1. The van der Waals surface area contributed by atoms with Crippen LogP contribution in [-0.4, -0.2) is 30.7 Å². The van der Waals surface area contributed by atoms with E-state index in [1.165, 1.54) is 0 Å². The molecule has 0 bridgehead atoms. The molecule has 0 saturated heterocycles. The van der Waals surface area contributed by atoms with Gasteiger partial charge in [0.25, 0.3) is 6.43 Å². The number of oxime groups is 1. The second kappa shape index (κ2) is 6.78. The van der Waals surface area contributed by atoms with Crippen LogP contribution in [-0.2, 0) is 4.74 Å². The molecule has 0 aromatic rings. The van der Waals surface area contributed by atoms with Crippen molar-refractivity contribution in [3.05, 3.63) is 0 Å². The van der Waals surface area contributed by atoms with Crippen molar-refractivity contribution in [2.75, 3.05) is 13.2 Å². The predicted octanol–water partition coefficient (Wildman–Crippen LogP) is 0.795. The van der Waals surface area contributed by atoms with Gasteiger partial charge in [0.15, 0.2) is 0 Å². The van der Waals surface area contributed by atoms with Crippen molar-refractivity contribution in [3.8, 4) is 0 Å². The van der Waals surface area contributed by atoms with Gasteiger partial charge in [0.2, 0.25) is 0 Å². The molecule has 0 aliphatic rings. The highest BCUT2D eigenvalue weighted by atomic mass is 19.3. The first-order valence-electron chi connectivity index (χ1n) is 3.49. The lowest BCUT2D eigenvalue weighted by Crippen LogP contribution is -2.13. The standard InChI is InChI=1S/C6H12F2N2O2/c7-5(8)4-12-3-1-2-6(9)10-11/h5,11H,1-4H2,(H2,9,10). The van der Waals surface area contributed by atoms with E-state index >= 15 is 0 Å². The summed E-state index contributed by atoms with van der Waals surface area (Å²) in [6, 6.07) is 0. The molecule has 0 aliphatic heterocycles. The SMILES string of the molecule is NC(CCCOCC(F)F)=NO. The molecule has 0 spiro atoms. The molecule has 3 N–H and O–H groups in total. The Kier molecular flexibility index (Phi) is 6.26. The molecule has 0 aromatic carbocycles. The molecule has 6 heteroatoms. The molecular weight excluding hydrogens is 170 g/mol. The zero-order valence-electron chi connectivity index (χ0n) is 6.54. The smallest absolute Gasteiger partial charge is 0.261 e. The zero-order valence-corrected chi connectivity index (χ0v) is 6.54. The Hall–Kier alpha value is -0.910. The Morgan fingerprint density at radius 2 is 2.25 bits per heavy atom. The molecule has 0 aliphatic carbocycles. The third-order valence-electron chi connectivity index (χ3n) is 1.09. The molecular formula is C6H12F2N2O2. The maximum atomic E-state index is 11.5. The number of ether oxygens (including phenoxy) is 1. The lowest BCUT2D eigenvalue weighted by Gasteiger charge is -2.01. The van der Waals surface area contributed by atoms with Crippen molar-refractivity contribution in [2.45, 2.75) is 19.3 Å². The van der Waals surface area contributed by atoms with Crippen molar-refractivity contribution in [1.82, 2.24) is 0 Å². The zero-order chi connectivity index (χ0) is 9.40. The van der Waals surface area contributed by atoms with E-state index in [1.54, 1.807) is 0 Å². The minimum Gasteiger partial charge on any atom is -0.409 e. The minimum absolute atomic E-state index is 0.0793. The number of hydrogen-bond acceptors (Lipinski definition) is 3. The summed E-state index contributed by atoms with van der Waals surface area (Å²) in [6.07, 6.45) is -1.61. The van der Waals surface area contributed by atoms with Crippen LogP contribution < -0.4 is 5.73 Å². The van der Waals surface area contributed by atoms with Gasteiger partial charge >= 0.3 is 0 Å². The van der Waals surface area contributed by atoms with E-state index in [0.717, 1.165) is 0 Å². The summed E-state index contributed by atoms with van der Waals surface area (Å²) >= 11 is 0. The second-order valence-corrected chi connectivity index (χ2v) is 2.16. The van der Waals surface area contributed by atoms with Gasteiger partial charge in [-0.1, -0.05) is 5.16 Å². The van der Waals surface area contributed by atoms with Crippen LogP contribution in [0.5, 0.6) is 0 Å². The van der Waals surface area contributed by atoms with Crippen LogP contribution >= 0.6 is 0 Å². The molecule has 0 saturated carbocycles. The van der Waals surface area contributed by atoms with Crippen molar-refractivity contribution in [3.63, 3.8) is 0 Å². The van der Waals surface area contributed by atoms with Gasteiger partial charge < -0.3 is 15.7 Å². The number of nitrogens with zero attached hydrogens (tertiary/aromatic N) is 1. The average Bonchev–Trinajstić information content (AvgIpc) is 2.03. The average molecular weight is 182 g/mol. The van der Waals surface area contributed by atoms with Crippen LogP contribution in [0.3, 0.4) is 0 Å². The third-order valence-corrected chi connectivity index (χ3v) is 1.09. The van der Waals surface area contributed by atoms with Crippen LogP contribution in [0.2, 0.25) is 0 Å². The summed E-state index contributed by atoms with van der Waals surface area (Å²) in [7, 11) is 0. The Morgan fingerprint density at radius 3 is 2.75 bits per heavy atom. The van der Waals surface area contributed by atoms with Crippen molar-refractivity contribution < 1.29 is 18.7 Å². The van der Waals surface area contributed by atoms with Crippen LogP contribution in [0.1, 0.15) is 12.8 Å². The van der Waals surface area contributed by atoms with Gasteiger partial charge in [-0.3, -0.25) is 0 Å². The van der Waals surface area contributed by atoms with Crippen molar-refractivity contribution in [1.29, 1.82) is 0 Å². The van der Waals surface area contributed by atoms with E-state index < -0.39 is 13.0 Å². The van der Waals surface area contributed by atoms with Crippen LogP contribution in [0.4, 0.5) is 8.78 Å². The number of halogens is 2. The second-order valence-electron chi connectivity index (χ2n) is 2.16. The summed E-state index contributed by atoms with van der Waals surface area (Å²) in [6.45, 7) is -0.364. The van der Waals surface area contributed by atoms with Crippen molar-refractivity contribution >= 4 is 5.84 Å². The summed E-state index contributed by atoms with van der Waals surface area (Å²) in [5.74, 6) is 0.0793. The largest absolute Gasteiger partial charge is 0.409 e. The first kappa shape index (κ1) is 11.1. The van der Waals surface area contributed by atoms with Crippen molar-refractivity contribution in [2.24, 2.45) is 10.9 Å². The molecule has 0 rings (SSSR count). The van der Waals surface area contributed by atoms with E-state index in [0.29, 0.717) is 12.8 Å². The fourth-order valence-electron chi connectivity index (χ4n) is 0.578. The topological polar surface area (TPSA) is 67.8 Å². The lowest BCUT2D eigenvalue weighted by atomic mass is 10.3. The fraction of sp³-hybridized carbons (Fsp3) is 0.833. The highest BCUT2D eigenvalue weighted by Crippen LogP contribution is 1.95. The van der Waals surface area contributed by atoms with E-state index in [9.17, 15) is 8.78 Å². The molecule has 4 nitrogen and oxygen atoms in total. The van der Waals surface area contributed by atoms with Gasteiger partial charge in [-0.05, 0) is 6.42 Å².